The van der Waals surface area contributed by atoms with Gasteiger partial charge in [0.05, 0.1) is 0 Å². The van der Waals surface area contributed by atoms with Crippen LogP contribution in [0.4, 0.5) is 0 Å². The highest BCUT2D eigenvalue weighted by atomic mass is 32.2. The molecule has 0 unspecified atom stereocenters. The topological polar surface area (TPSA) is 68.3 Å². The third-order valence-electron chi connectivity index (χ3n) is 3.25. The van der Waals surface area contributed by atoms with Crippen LogP contribution in [0.15, 0.2) is 34.7 Å². The second kappa shape index (κ2) is 6.09. The molecule has 0 aromatic carbocycles. The van der Waals surface area contributed by atoms with Gasteiger partial charge in [-0.1, -0.05) is 6.07 Å². The van der Waals surface area contributed by atoms with Gasteiger partial charge in [-0.25, -0.2) is 12.7 Å². The molecule has 0 spiro atoms. The molecule has 0 aliphatic heterocycles. The van der Waals surface area contributed by atoms with E-state index in [0.29, 0.717) is 18.0 Å². The van der Waals surface area contributed by atoms with E-state index in [4.69, 9.17) is 5.73 Å². The first-order valence-corrected chi connectivity index (χ1v) is 8.61. The summed E-state index contributed by atoms with van der Waals surface area (Å²) in [6.45, 7) is 0.792. The third kappa shape index (κ3) is 3.12. The van der Waals surface area contributed by atoms with Gasteiger partial charge in [0.2, 0.25) is 10.0 Å². The summed E-state index contributed by atoms with van der Waals surface area (Å²) < 4.78 is 28.0. The number of sulfonamides is 1. The number of likely N-dealkylation sites (N-methyl/N-ethyl adjacent to an activating group) is 1. The second-order valence-electron chi connectivity index (χ2n) is 4.64. The van der Waals surface area contributed by atoms with E-state index in [1.807, 2.05) is 17.5 Å². The fourth-order valence-corrected chi connectivity index (χ4v) is 3.91. The fraction of sp³-hybridized carbons (Fsp3) is 0.385. The largest absolute Gasteiger partial charge is 0.352 e. The lowest BCUT2D eigenvalue weighted by atomic mass is 10.3. The van der Waals surface area contributed by atoms with Crippen molar-refractivity contribution in [2.24, 2.45) is 12.8 Å². The first-order valence-electron chi connectivity index (χ1n) is 6.29. The zero-order chi connectivity index (χ0) is 14.8. The van der Waals surface area contributed by atoms with Crippen LogP contribution in [0.3, 0.4) is 0 Å². The first kappa shape index (κ1) is 15.2. The van der Waals surface area contributed by atoms with Crippen molar-refractivity contribution in [1.29, 1.82) is 0 Å². The van der Waals surface area contributed by atoms with Crippen LogP contribution in [0.25, 0.3) is 0 Å². The van der Waals surface area contributed by atoms with Crippen LogP contribution in [-0.4, -0.2) is 30.9 Å². The van der Waals surface area contributed by atoms with Gasteiger partial charge in [0, 0.05) is 44.0 Å². The van der Waals surface area contributed by atoms with Crippen LogP contribution in [0.1, 0.15) is 10.6 Å². The maximum absolute atomic E-state index is 12.4. The van der Waals surface area contributed by atoms with Crippen molar-refractivity contribution in [3.05, 3.63) is 40.3 Å². The zero-order valence-electron chi connectivity index (χ0n) is 11.6. The smallest absolute Gasteiger partial charge is 0.244 e. The standard InChI is InChI=1S/C13H19N3O2S2/c1-15-10-13(8-11(15)9-14)20(17,18)16(2)6-5-12-4-3-7-19-12/h3-4,7-8,10H,5-6,9,14H2,1-2H3. The van der Waals surface area contributed by atoms with E-state index in [2.05, 4.69) is 0 Å². The molecule has 0 amide bonds. The minimum absolute atomic E-state index is 0.300. The lowest BCUT2D eigenvalue weighted by Gasteiger charge is -2.15. The van der Waals surface area contributed by atoms with Gasteiger partial charge < -0.3 is 10.3 Å². The molecule has 2 aromatic rings. The van der Waals surface area contributed by atoms with E-state index in [1.165, 1.54) is 9.18 Å². The van der Waals surface area contributed by atoms with Gasteiger partial charge in [0.25, 0.3) is 0 Å². The van der Waals surface area contributed by atoms with Gasteiger partial charge in [-0.3, -0.25) is 0 Å². The summed E-state index contributed by atoms with van der Waals surface area (Å²) in [7, 11) is -0.0347. The fourth-order valence-electron chi connectivity index (χ4n) is 1.94. The molecule has 5 nitrogen and oxygen atoms in total. The first-order chi connectivity index (χ1) is 9.45. The Kier molecular flexibility index (Phi) is 4.64. The molecule has 0 bridgehead atoms. The number of rotatable bonds is 6. The van der Waals surface area contributed by atoms with Crippen LogP contribution >= 0.6 is 11.3 Å². The number of aryl methyl sites for hydroxylation is 1. The highest BCUT2D eigenvalue weighted by molar-refractivity contribution is 7.89. The van der Waals surface area contributed by atoms with E-state index in [1.54, 1.807) is 42.3 Å². The van der Waals surface area contributed by atoms with Crippen LogP contribution in [0, 0.1) is 0 Å². The maximum Gasteiger partial charge on any atom is 0.244 e. The molecule has 110 valence electrons. The zero-order valence-corrected chi connectivity index (χ0v) is 13.2. The Morgan fingerprint density at radius 2 is 2.20 bits per heavy atom. The molecule has 2 N–H and O–H groups in total. The molecular weight excluding hydrogens is 294 g/mol. The Hall–Kier alpha value is -1.15. The number of thiophene rings is 1. The molecule has 0 aliphatic rings. The van der Waals surface area contributed by atoms with Gasteiger partial charge in [-0.05, 0) is 23.9 Å². The Morgan fingerprint density at radius 3 is 2.75 bits per heavy atom. The van der Waals surface area contributed by atoms with Gasteiger partial charge in [0.1, 0.15) is 4.90 Å². The normalized spacial score (nSPS) is 12.2. The van der Waals surface area contributed by atoms with E-state index in [-0.39, 0.29) is 0 Å². The van der Waals surface area contributed by atoms with E-state index in [9.17, 15) is 8.42 Å². The van der Waals surface area contributed by atoms with Crippen LogP contribution in [-0.2, 0) is 30.0 Å². The molecule has 2 heterocycles. The lowest BCUT2D eigenvalue weighted by Crippen LogP contribution is -2.28. The van der Waals surface area contributed by atoms with Crippen molar-refractivity contribution >= 4 is 21.4 Å². The van der Waals surface area contributed by atoms with Crippen molar-refractivity contribution in [3.63, 3.8) is 0 Å². The Balaban J connectivity index is 2.12. The van der Waals surface area contributed by atoms with Gasteiger partial charge in [-0.2, -0.15) is 0 Å². The van der Waals surface area contributed by atoms with Crippen molar-refractivity contribution < 1.29 is 8.42 Å². The van der Waals surface area contributed by atoms with Crippen LogP contribution < -0.4 is 5.73 Å². The SMILES string of the molecule is CN(CCc1cccs1)S(=O)(=O)c1cc(CN)n(C)c1. The van der Waals surface area contributed by atoms with Gasteiger partial charge >= 0.3 is 0 Å². The van der Waals surface area contributed by atoms with Gasteiger partial charge in [-0.15, -0.1) is 11.3 Å². The molecule has 2 rings (SSSR count). The molecule has 0 fully saturated rings. The average Bonchev–Trinajstić information content (AvgIpc) is 3.04. The third-order valence-corrected chi connectivity index (χ3v) is 6.01. The molecule has 0 radical (unpaired) electrons. The Labute approximate surface area is 123 Å². The van der Waals surface area contributed by atoms with Crippen molar-refractivity contribution in [2.75, 3.05) is 13.6 Å². The molecular formula is C13H19N3O2S2. The summed E-state index contributed by atoms with van der Waals surface area (Å²) in [4.78, 5) is 1.48. The molecule has 0 saturated carbocycles. The minimum Gasteiger partial charge on any atom is -0.352 e. The van der Waals surface area contributed by atoms with E-state index in [0.717, 1.165) is 12.1 Å². The maximum atomic E-state index is 12.4. The number of nitrogens with two attached hydrogens (primary N) is 1. The van der Waals surface area contributed by atoms with Crippen LogP contribution in [0.2, 0.25) is 0 Å². The minimum atomic E-state index is -3.44. The average molecular weight is 313 g/mol. The molecule has 0 saturated heterocycles. The van der Waals surface area contributed by atoms with E-state index < -0.39 is 10.0 Å². The Bertz CT molecular complexity index is 660. The van der Waals surface area contributed by atoms with Crippen molar-refractivity contribution in [2.45, 2.75) is 17.9 Å². The summed E-state index contributed by atoms with van der Waals surface area (Å²) in [5.41, 5.74) is 6.38. The summed E-state index contributed by atoms with van der Waals surface area (Å²) in [5, 5.41) is 1.99. The highest BCUT2D eigenvalue weighted by Gasteiger charge is 2.22. The predicted molar refractivity (Wildman–Crippen MR) is 81.1 cm³/mol. The molecule has 2 aromatic heterocycles. The second-order valence-corrected chi connectivity index (χ2v) is 7.72. The molecule has 20 heavy (non-hydrogen) atoms. The molecule has 0 aliphatic carbocycles. The molecule has 0 atom stereocenters. The van der Waals surface area contributed by atoms with Crippen molar-refractivity contribution in [1.82, 2.24) is 8.87 Å². The highest BCUT2D eigenvalue weighted by Crippen LogP contribution is 2.18. The predicted octanol–water partition coefficient (Wildman–Crippen LogP) is 1.41. The van der Waals surface area contributed by atoms with Gasteiger partial charge in [0.15, 0.2) is 0 Å². The summed E-state index contributed by atoms with van der Waals surface area (Å²) in [6, 6.07) is 5.62. The summed E-state index contributed by atoms with van der Waals surface area (Å²) in [6.07, 6.45) is 2.34. The van der Waals surface area contributed by atoms with E-state index >= 15 is 0 Å². The number of aromatic nitrogens is 1. The molecule has 7 heteroatoms. The van der Waals surface area contributed by atoms with Crippen LogP contribution in [0.5, 0.6) is 0 Å². The monoisotopic (exact) mass is 313 g/mol. The summed E-state index contributed by atoms with van der Waals surface area (Å²) >= 11 is 1.64. The number of hydrogen-bond acceptors (Lipinski definition) is 4. The quantitative estimate of drug-likeness (QED) is 0.876. The summed E-state index contributed by atoms with van der Waals surface area (Å²) in [5.74, 6) is 0. The van der Waals surface area contributed by atoms with Crippen molar-refractivity contribution in [3.8, 4) is 0 Å². The lowest BCUT2D eigenvalue weighted by molar-refractivity contribution is 0.473. The Morgan fingerprint density at radius 1 is 1.45 bits per heavy atom. The number of hydrogen-bond donors (Lipinski definition) is 1. The number of nitrogens with zero attached hydrogens (tertiary/aromatic N) is 2.